The smallest absolute Gasteiger partial charge is 0.294 e. The predicted octanol–water partition coefficient (Wildman–Crippen LogP) is 3.40. The van der Waals surface area contributed by atoms with Crippen molar-refractivity contribution >= 4 is 10.9 Å². The van der Waals surface area contributed by atoms with Crippen LogP contribution in [0.15, 0.2) is 53.3 Å². The van der Waals surface area contributed by atoms with Crippen LogP contribution in [-0.4, -0.2) is 16.8 Å². The van der Waals surface area contributed by atoms with Gasteiger partial charge >= 0.3 is 0 Å². The van der Waals surface area contributed by atoms with Gasteiger partial charge in [-0.1, -0.05) is 30.3 Å². The zero-order chi connectivity index (χ0) is 15.7. The molecule has 2 aromatic carbocycles. The van der Waals surface area contributed by atoms with Gasteiger partial charge in [-0.05, 0) is 30.7 Å². The Labute approximate surface area is 128 Å². The largest absolute Gasteiger partial charge is 0.508 e. The van der Waals surface area contributed by atoms with Gasteiger partial charge < -0.3 is 14.4 Å². The molecule has 0 aliphatic heterocycles. The van der Waals surface area contributed by atoms with Crippen LogP contribution >= 0.6 is 0 Å². The number of fused-ring (bicyclic) bond motifs is 1. The summed E-state index contributed by atoms with van der Waals surface area (Å²) in [6.45, 7) is 2.45. The lowest BCUT2D eigenvalue weighted by atomic mass is 9.99. The van der Waals surface area contributed by atoms with Gasteiger partial charge in [-0.2, -0.15) is 0 Å². The summed E-state index contributed by atoms with van der Waals surface area (Å²) in [6.07, 6.45) is 0. The Morgan fingerprint density at radius 2 is 1.86 bits per heavy atom. The van der Waals surface area contributed by atoms with Crippen LogP contribution in [0, 0.1) is 0 Å². The highest BCUT2D eigenvalue weighted by atomic mass is 16.5. The topological polar surface area (TPSA) is 51.5 Å². The standard InChI is InChI=1S/C18H17NO3/c1-3-19-15-10-9-13(20)11-14(15)16(17(22-2)18(19)21)12-7-5-4-6-8-12/h4-11,20H,3H2,1-2H3. The predicted molar refractivity (Wildman–Crippen MR) is 87.5 cm³/mol. The third-order valence-corrected chi connectivity index (χ3v) is 3.79. The molecule has 0 unspecified atom stereocenters. The molecule has 4 nitrogen and oxygen atoms in total. The van der Waals surface area contributed by atoms with Crippen LogP contribution in [0.3, 0.4) is 0 Å². The quantitative estimate of drug-likeness (QED) is 0.805. The molecule has 3 rings (SSSR count). The summed E-state index contributed by atoms with van der Waals surface area (Å²) in [5.74, 6) is 0.458. The fourth-order valence-electron chi connectivity index (χ4n) is 2.82. The van der Waals surface area contributed by atoms with E-state index in [-0.39, 0.29) is 11.3 Å². The van der Waals surface area contributed by atoms with Crippen molar-refractivity contribution in [3.8, 4) is 22.6 Å². The molecule has 3 aromatic rings. The van der Waals surface area contributed by atoms with Gasteiger partial charge in [0.05, 0.1) is 12.6 Å². The minimum Gasteiger partial charge on any atom is -0.508 e. The van der Waals surface area contributed by atoms with E-state index in [1.807, 2.05) is 37.3 Å². The van der Waals surface area contributed by atoms with Gasteiger partial charge in [0.1, 0.15) is 5.75 Å². The van der Waals surface area contributed by atoms with E-state index in [9.17, 15) is 9.90 Å². The third kappa shape index (κ3) is 2.13. The first-order chi connectivity index (χ1) is 10.7. The van der Waals surface area contributed by atoms with Crippen LogP contribution in [-0.2, 0) is 6.54 Å². The van der Waals surface area contributed by atoms with Crippen LogP contribution in [0.2, 0.25) is 0 Å². The first-order valence-electron chi connectivity index (χ1n) is 7.16. The highest BCUT2D eigenvalue weighted by Gasteiger charge is 2.18. The molecule has 0 saturated carbocycles. The summed E-state index contributed by atoms with van der Waals surface area (Å²) in [5, 5.41) is 10.7. The summed E-state index contributed by atoms with van der Waals surface area (Å²) < 4.78 is 7.06. The lowest BCUT2D eigenvalue weighted by Crippen LogP contribution is -2.22. The molecule has 4 heteroatoms. The van der Waals surface area contributed by atoms with Crippen LogP contribution in [0.25, 0.3) is 22.0 Å². The number of benzene rings is 2. The molecule has 22 heavy (non-hydrogen) atoms. The Bertz CT molecular complexity index is 882. The first-order valence-corrected chi connectivity index (χ1v) is 7.16. The monoisotopic (exact) mass is 295 g/mol. The van der Waals surface area contributed by atoms with Gasteiger partial charge in [0.2, 0.25) is 0 Å². The number of aryl methyl sites for hydroxylation is 1. The van der Waals surface area contributed by atoms with Crippen molar-refractivity contribution in [2.45, 2.75) is 13.5 Å². The molecule has 0 amide bonds. The van der Waals surface area contributed by atoms with Gasteiger partial charge in [-0.3, -0.25) is 4.79 Å². The van der Waals surface area contributed by atoms with E-state index in [1.54, 1.807) is 22.8 Å². The van der Waals surface area contributed by atoms with Crippen molar-refractivity contribution in [1.29, 1.82) is 0 Å². The summed E-state index contributed by atoms with van der Waals surface area (Å²) in [6, 6.07) is 14.6. The van der Waals surface area contributed by atoms with Crippen molar-refractivity contribution in [2.24, 2.45) is 0 Å². The Kier molecular flexibility index (Phi) is 3.59. The second-order valence-electron chi connectivity index (χ2n) is 5.03. The van der Waals surface area contributed by atoms with Crippen LogP contribution < -0.4 is 10.3 Å². The Morgan fingerprint density at radius 3 is 2.50 bits per heavy atom. The number of nitrogens with zero attached hydrogens (tertiary/aromatic N) is 1. The number of hydrogen-bond acceptors (Lipinski definition) is 3. The number of aromatic hydroxyl groups is 1. The fourth-order valence-corrected chi connectivity index (χ4v) is 2.82. The van der Waals surface area contributed by atoms with E-state index >= 15 is 0 Å². The number of phenolic OH excluding ortho intramolecular Hbond substituents is 1. The molecule has 0 radical (unpaired) electrons. The number of aromatic nitrogens is 1. The van der Waals surface area contributed by atoms with Crippen molar-refractivity contribution in [2.75, 3.05) is 7.11 Å². The first kappa shape index (κ1) is 14.2. The van der Waals surface area contributed by atoms with Crippen molar-refractivity contribution in [1.82, 2.24) is 4.57 Å². The van der Waals surface area contributed by atoms with Crippen molar-refractivity contribution in [3.05, 3.63) is 58.9 Å². The van der Waals surface area contributed by atoms with E-state index in [0.29, 0.717) is 17.9 Å². The average Bonchev–Trinajstić information content (AvgIpc) is 2.55. The molecule has 0 saturated heterocycles. The summed E-state index contributed by atoms with van der Waals surface area (Å²) in [4.78, 5) is 12.7. The fraction of sp³-hybridized carbons (Fsp3) is 0.167. The van der Waals surface area contributed by atoms with E-state index in [0.717, 1.165) is 16.5 Å². The Hall–Kier alpha value is -2.75. The molecule has 0 fully saturated rings. The van der Waals surface area contributed by atoms with E-state index in [1.165, 1.54) is 7.11 Å². The van der Waals surface area contributed by atoms with Gasteiger partial charge in [-0.15, -0.1) is 0 Å². The normalized spacial score (nSPS) is 10.8. The number of methoxy groups -OCH3 is 1. The van der Waals surface area contributed by atoms with Crippen molar-refractivity contribution in [3.63, 3.8) is 0 Å². The zero-order valence-corrected chi connectivity index (χ0v) is 12.5. The molecule has 1 aromatic heterocycles. The zero-order valence-electron chi connectivity index (χ0n) is 12.5. The van der Waals surface area contributed by atoms with E-state index in [2.05, 4.69) is 0 Å². The van der Waals surface area contributed by atoms with Crippen LogP contribution in [0.4, 0.5) is 0 Å². The van der Waals surface area contributed by atoms with Gasteiger partial charge in [0, 0.05) is 17.5 Å². The minimum atomic E-state index is -0.165. The molecule has 0 atom stereocenters. The lowest BCUT2D eigenvalue weighted by molar-refractivity contribution is 0.406. The minimum absolute atomic E-state index is 0.160. The SMILES string of the molecule is CCn1c(=O)c(OC)c(-c2ccccc2)c2cc(O)ccc21. The molecule has 0 spiro atoms. The molecule has 1 heterocycles. The van der Waals surface area contributed by atoms with Crippen LogP contribution in [0.1, 0.15) is 6.92 Å². The molecular weight excluding hydrogens is 278 g/mol. The van der Waals surface area contributed by atoms with Gasteiger partial charge in [-0.25, -0.2) is 0 Å². The van der Waals surface area contributed by atoms with Crippen molar-refractivity contribution < 1.29 is 9.84 Å². The third-order valence-electron chi connectivity index (χ3n) is 3.79. The number of hydrogen-bond donors (Lipinski definition) is 1. The Morgan fingerprint density at radius 1 is 1.14 bits per heavy atom. The molecule has 112 valence electrons. The molecule has 0 aliphatic carbocycles. The number of rotatable bonds is 3. The number of phenols is 1. The highest BCUT2D eigenvalue weighted by molar-refractivity contribution is 5.98. The molecule has 1 N–H and O–H groups in total. The second kappa shape index (κ2) is 5.56. The number of ether oxygens (including phenoxy) is 1. The second-order valence-corrected chi connectivity index (χ2v) is 5.03. The summed E-state index contributed by atoms with van der Waals surface area (Å²) >= 11 is 0. The molecule has 0 bridgehead atoms. The number of pyridine rings is 1. The maximum Gasteiger partial charge on any atom is 0.294 e. The highest BCUT2D eigenvalue weighted by Crippen LogP contribution is 2.35. The van der Waals surface area contributed by atoms with Gasteiger partial charge in [0.25, 0.3) is 5.56 Å². The average molecular weight is 295 g/mol. The summed E-state index contributed by atoms with van der Waals surface area (Å²) in [5.41, 5.74) is 2.21. The lowest BCUT2D eigenvalue weighted by Gasteiger charge is -2.16. The van der Waals surface area contributed by atoms with Crippen LogP contribution in [0.5, 0.6) is 11.5 Å². The maximum atomic E-state index is 12.7. The van der Waals surface area contributed by atoms with E-state index < -0.39 is 0 Å². The molecule has 0 aliphatic rings. The summed E-state index contributed by atoms with van der Waals surface area (Å²) in [7, 11) is 1.50. The maximum absolute atomic E-state index is 12.7. The van der Waals surface area contributed by atoms with Gasteiger partial charge in [0.15, 0.2) is 5.75 Å². The Balaban J connectivity index is 2.54. The molecular formula is C18H17NO3. The van der Waals surface area contributed by atoms with E-state index in [4.69, 9.17) is 4.74 Å².